The summed E-state index contributed by atoms with van der Waals surface area (Å²) in [6.45, 7) is 4.67. The molecule has 1 unspecified atom stereocenters. The first kappa shape index (κ1) is 11.5. The summed E-state index contributed by atoms with van der Waals surface area (Å²) in [6.07, 6.45) is 1.06. The van der Waals surface area contributed by atoms with E-state index in [0.717, 1.165) is 22.2 Å². The molecule has 0 amide bonds. The van der Waals surface area contributed by atoms with Crippen LogP contribution in [0.25, 0.3) is 0 Å². The van der Waals surface area contributed by atoms with Gasteiger partial charge in [0.1, 0.15) is 11.9 Å². The number of halogens is 1. The van der Waals surface area contributed by atoms with Gasteiger partial charge in [-0.25, -0.2) is 0 Å². The maximum atomic E-state index is 5.75. The largest absolute Gasteiger partial charge is 0.489 e. The molecule has 2 nitrogen and oxygen atoms in total. The highest BCUT2D eigenvalue weighted by Gasteiger charge is 2.07. The average molecular weight is 258 g/mol. The first-order valence-corrected chi connectivity index (χ1v) is 5.59. The number of rotatable bonds is 4. The fraction of sp³-hybridized carbons (Fsp3) is 0.455. The summed E-state index contributed by atoms with van der Waals surface area (Å²) in [6, 6.07) is 5.99. The number of hydrogen-bond donors (Lipinski definition) is 1. The second kappa shape index (κ2) is 5.37. The van der Waals surface area contributed by atoms with Crippen molar-refractivity contribution in [1.82, 2.24) is 0 Å². The highest BCUT2D eigenvalue weighted by molar-refractivity contribution is 9.10. The minimum Gasteiger partial charge on any atom is -0.489 e. The zero-order valence-corrected chi connectivity index (χ0v) is 10.2. The van der Waals surface area contributed by atoms with Gasteiger partial charge in [0.2, 0.25) is 0 Å². The topological polar surface area (TPSA) is 35.2 Å². The van der Waals surface area contributed by atoms with Gasteiger partial charge in [-0.3, -0.25) is 0 Å². The minimum atomic E-state index is 0.120. The Labute approximate surface area is 93.6 Å². The lowest BCUT2D eigenvalue weighted by atomic mass is 10.2. The molecule has 0 spiro atoms. The van der Waals surface area contributed by atoms with Crippen LogP contribution in [-0.4, -0.2) is 12.6 Å². The van der Waals surface area contributed by atoms with E-state index in [1.165, 1.54) is 0 Å². The zero-order chi connectivity index (χ0) is 10.6. The molecule has 1 aromatic carbocycles. The van der Waals surface area contributed by atoms with E-state index >= 15 is 0 Å². The Morgan fingerprint density at radius 2 is 2.21 bits per heavy atom. The van der Waals surface area contributed by atoms with E-state index in [-0.39, 0.29) is 6.10 Å². The number of nitrogens with two attached hydrogens (primary N) is 1. The lowest BCUT2D eigenvalue weighted by Gasteiger charge is -2.17. The molecule has 0 saturated heterocycles. The van der Waals surface area contributed by atoms with E-state index in [1.54, 1.807) is 0 Å². The third-order valence-corrected chi connectivity index (χ3v) is 2.64. The number of aryl methyl sites for hydroxylation is 1. The summed E-state index contributed by atoms with van der Waals surface area (Å²) in [4.78, 5) is 0. The third kappa shape index (κ3) is 3.00. The predicted molar refractivity (Wildman–Crippen MR) is 62.6 cm³/mol. The maximum Gasteiger partial charge on any atom is 0.122 e. The van der Waals surface area contributed by atoms with Gasteiger partial charge >= 0.3 is 0 Å². The van der Waals surface area contributed by atoms with Gasteiger partial charge in [-0.05, 0) is 37.1 Å². The van der Waals surface area contributed by atoms with Gasteiger partial charge in [0.25, 0.3) is 0 Å². The second-order valence-electron chi connectivity index (χ2n) is 3.29. The summed E-state index contributed by atoms with van der Waals surface area (Å²) in [5.41, 5.74) is 6.71. The summed E-state index contributed by atoms with van der Waals surface area (Å²) in [5, 5.41) is 0. The van der Waals surface area contributed by atoms with Crippen molar-refractivity contribution >= 4 is 15.9 Å². The highest BCUT2D eigenvalue weighted by Crippen LogP contribution is 2.23. The van der Waals surface area contributed by atoms with E-state index in [1.807, 2.05) is 25.1 Å². The van der Waals surface area contributed by atoms with Gasteiger partial charge in [0.05, 0.1) is 0 Å². The Balaban J connectivity index is 2.76. The normalized spacial score (nSPS) is 12.6. The van der Waals surface area contributed by atoms with Crippen LogP contribution in [0.1, 0.15) is 18.9 Å². The number of benzene rings is 1. The molecule has 1 rings (SSSR count). The monoisotopic (exact) mass is 257 g/mol. The van der Waals surface area contributed by atoms with Crippen LogP contribution < -0.4 is 10.5 Å². The molecular weight excluding hydrogens is 242 g/mol. The minimum absolute atomic E-state index is 0.120. The molecule has 3 heteroatoms. The van der Waals surface area contributed by atoms with Crippen LogP contribution >= 0.6 is 15.9 Å². The predicted octanol–water partition coefficient (Wildman–Crippen LogP) is 2.87. The van der Waals surface area contributed by atoms with Crippen LogP contribution in [0.4, 0.5) is 0 Å². The smallest absolute Gasteiger partial charge is 0.122 e. The summed E-state index contributed by atoms with van der Waals surface area (Å²) in [5.74, 6) is 0.922. The van der Waals surface area contributed by atoms with Crippen LogP contribution in [0.15, 0.2) is 22.7 Å². The van der Waals surface area contributed by atoms with Gasteiger partial charge in [0, 0.05) is 11.0 Å². The van der Waals surface area contributed by atoms with Crippen LogP contribution in [0.2, 0.25) is 0 Å². The van der Waals surface area contributed by atoms with Crippen molar-refractivity contribution in [1.29, 1.82) is 0 Å². The summed E-state index contributed by atoms with van der Waals surface area (Å²) >= 11 is 3.42. The molecule has 0 aliphatic heterocycles. The molecule has 0 heterocycles. The zero-order valence-electron chi connectivity index (χ0n) is 8.59. The number of hydrogen-bond acceptors (Lipinski definition) is 2. The van der Waals surface area contributed by atoms with Crippen molar-refractivity contribution in [2.75, 3.05) is 6.54 Å². The summed E-state index contributed by atoms with van der Waals surface area (Å²) in [7, 11) is 0. The molecule has 0 radical (unpaired) electrons. The van der Waals surface area contributed by atoms with Crippen molar-refractivity contribution in [3.63, 3.8) is 0 Å². The molecule has 2 N–H and O–H groups in total. The van der Waals surface area contributed by atoms with Gasteiger partial charge < -0.3 is 10.5 Å². The lowest BCUT2D eigenvalue weighted by Crippen LogP contribution is -2.25. The van der Waals surface area contributed by atoms with E-state index in [0.29, 0.717) is 6.54 Å². The van der Waals surface area contributed by atoms with Crippen LogP contribution in [-0.2, 0) is 0 Å². The second-order valence-corrected chi connectivity index (χ2v) is 4.21. The molecule has 78 valence electrons. The SMILES string of the molecule is CCC(CN)Oc1ccc(Br)cc1C. The van der Waals surface area contributed by atoms with Gasteiger partial charge in [-0.1, -0.05) is 22.9 Å². The van der Waals surface area contributed by atoms with Gasteiger partial charge in [-0.15, -0.1) is 0 Å². The van der Waals surface area contributed by atoms with Crippen molar-refractivity contribution in [3.05, 3.63) is 28.2 Å². The Kier molecular flexibility index (Phi) is 4.42. The standard InChI is InChI=1S/C11H16BrNO/c1-3-10(7-13)14-11-5-4-9(12)6-8(11)2/h4-6,10H,3,7,13H2,1-2H3. The molecule has 0 aliphatic carbocycles. The van der Waals surface area contributed by atoms with Crippen molar-refractivity contribution in [2.24, 2.45) is 5.73 Å². The highest BCUT2D eigenvalue weighted by atomic mass is 79.9. The maximum absolute atomic E-state index is 5.75. The molecule has 1 aromatic rings. The van der Waals surface area contributed by atoms with Crippen molar-refractivity contribution < 1.29 is 4.74 Å². The molecule has 14 heavy (non-hydrogen) atoms. The molecular formula is C11H16BrNO. The number of ether oxygens (including phenoxy) is 1. The summed E-state index contributed by atoms with van der Waals surface area (Å²) < 4.78 is 6.83. The van der Waals surface area contributed by atoms with E-state index < -0.39 is 0 Å². The first-order valence-electron chi connectivity index (χ1n) is 4.80. The Morgan fingerprint density at radius 3 is 2.71 bits per heavy atom. The molecule has 0 bridgehead atoms. The molecule has 1 atom stereocenters. The third-order valence-electron chi connectivity index (χ3n) is 2.15. The van der Waals surface area contributed by atoms with E-state index in [2.05, 4.69) is 22.9 Å². The molecule has 0 saturated carbocycles. The Bertz CT molecular complexity index is 297. The Hall–Kier alpha value is -0.540. The average Bonchev–Trinajstić information content (AvgIpc) is 2.17. The fourth-order valence-corrected chi connectivity index (χ4v) is 1.70. The van der Waals surface area contributed by atoms with Crippen molar-refractivity contribution in [3.8, 4) is 5.75 Å². The fourth-order valence-electron chi connectivity index (χ4n) is 1.22. The van der Waals surface area contributed by atoms with Crippen molar-refractivity contribution in [2.45, 2.75) is 26.4 Å². The quantitative estimate of drug-likeness (QED) is 0.901. The molecule has 0 aromatic heterocycles. The van der Waals surface area contributed by atoms with E-state index in [9.17, 15) is 0 Å². The Morgan fingerprint density at radius 1 is 1.50 bits per heavy atom. The van der Waals surface area contributed by atoms with Crippen LogP contribution in [0.5, 0.6) is 5.75 Å². The molecule has 0 fully saturated rings. The van der Waals surface area contributed by atoms with Gasteiger partial charge in [0.15, 0.2) is 0 Å². The lowest BCUT2D eigenvalue weighted by molar-refractivity contribution is 0.204. The van der Waals surface area contributed by atoms with Crippen LogP contribution in [0, 0.1) is 6.92 Å². The molecule has 0 aliphatic rings. The van der Waals surface area contributed by atoms with Crippen LogP contribution in [0.3, 0.4) is 0 Å². The first-order chi connectivity index (χ1) is 6.67. The van der Waals surface area contributed by atoms with E-state index in [4.69, 9.17) is 10.5 Å². The van der Waals surface area contributed by atoms with Gasteiger partial charge in [-0.2, -0.15) is 0 Å².